The molecule has 6 heteroatoms. The van der Waals surface area contributed by atoms with Gasteiger partial charge in [-0.2, -0.15) is 0 Å². The average Bonchev–Trinajstić information content (AvgIpc) is 2.79. The van der Waals surface area contributed by atoms with E-state index in [9.17, 15) is 5.11 Å². The monoisotopic (exact) mass is 329 g/mol. The molecule has 0 atom stereocenters. The molecule has 0 aliphatic carbocycles. The molecule has 0 radical (unpaired) electrons. The Bertz CT molecular complexity index is 556. The molecule has 0 spiro atoms. The summed E-state index contributed by atoms with van der Waals surface area (Å²) in [6, 6.07) is 5.49. The summed E-state index contributed by atoms with van der Waals surface area (Å²) in [5, 5.41) is 9.36. The maximum Gasteiger partial charge on any atom is 0.160 e. The van der Waals surface area contributed by atoms with E-state index in [1.165, 1.54) is 11.3 Å². The normalized spacial score (nSPS) is 10.4. The maximum atomic E-state index is 9.36. The van der Waals surface area contributed by atoms with Crippen LogP contribution in [0.2, 0.25) is 0 Å². The van der Waals surface area contributed by atoms with E-state index in [1.807, 2.05) is 18.2 Å². The molecule has 1 heterocycles. The van der Waals surface area contributed by atoms with Crippen molar-refractivity contribution in [2.45, 2.75) is 6.61 Å². The first-order valence-corrected chi connectivity index (χ1v) is 6.79. The molecule has 18 heavy (non-hydrogen) atoms. The fourth-order valence-corrected chi connectivity index (χ4v) is 3.06. The minimum absolute atomic E-state index is 0.0566. The van der Waals surface area contributed by atoms with Crippen molar-refractivity contribution in [3.63, 3.8) is 0 Å². The van der Waals surface area contributed by atoms with E-state index >= 15 is 0 Å². The van der Waals surface area contributed by atoms with Gasteiger partial charge in [0.15, 0.2) is 3.92 Å². The second-order valence-electron chi connectivity index (χ2n) is 3.46. The van der Waals surface area contributed by atoms with E-state index in [2.05, 4.69) is 20.9 Å². The molecule has 0 aliphatic heterocycles. The van der Waals surface area contributed by atoms with Gasteiger partial charge in [-0.25, -0.2) is 4.98 Å². The summed E-state index contributed by atoms with van der Waals surface area (Å²) in [5.41, 5.74) is 1.52. The van der Waals surface area contributed by atoms with E-state index in [1.54, 1.807) is 14.2 Å². The molecule has 0 fully saturated rings. The van der Waals surface area contributed by atoms with E-state index in [4.69, 9.17) is 9.47 Å². The minimum atomic E-state index is -0.0566. The Morgan fingerprint density at radius 1 is 1.33 bits per heavy atom. The lowest BCUT2D eigenvalue weighted by Crippen LogP contribution is -1.92. The van der Waals surface area contributed by atoms with Crippen molar-refractivity contribution in [2.75, 3.05) is 14.2 Å². The fraction of sp³-hybridized carbons (Fsp3) is 0.250. The van der Waals surface area contributed by atoms with Crippen LogP contribution >= 0.6 is 27.3 Å². The molecule has 4 nitrogen and oxygen atoms in total. The third-order valence-corrected chi connectivity index (χ3v) is 3.97. The predicted molar refractivity (Wildman–Crippen MR) is 74.3 cm³/mol. The summed E-state index contributed by atoms with van der Waals surface area (Å²) in [6.45, 7) is -0.0566. The molecule has 1 N–H and O–H groups in total. The molecule has 0 saturated heterocycles. The zero-order valence-electron chi connectivity index (χ0n) is 9.94. The number of thiazole rings is 1. The van der Waals surface area contributed by atoms with Crippen LogP contribution in [0.25, 0.3) is 11.3 Å². The zero-order valence-corrected chi connectivity index (χ0v) is 12.3. The highest BCUT2D eigenvalue weighted by molar-refractivity contribution is 9.11. The molecule has 2 aromatic rings. The number of aromatic nitrogens is 1. The first-order valence-electron chi connectivity index (χ1n) is 5.18. The molecule has 0 aliphatic rings. The molecule has 1 aromatic carbocycles. The number of nitrogens with zero attached hydrogens (tertiary/aromatic N) is 1. The number of benzene rings is 1. The topological polar surface area (TPSA) is 51.6 Å². The van der Waals surface area contributed by atoms with Crippen LogP contribution in [0.4, 0.5) is 0 Å². The lowest BCUT2D eigenvalue weighted by atomic mass is 10.1. The van der Waals surface area contributed by atoms with Crippen LogP contribution in [0.1, 0.15) is 4.88 Å². The van der Waals surface area contributed by atoms with Gasteiger partial charge in [-0.3, -0.25) is 0 Å². The van der Waals surface area contributed by atoms with Gasteiger partial charge in [0.05, 0.1) is 31.4 Å². The summed E-state index contributed by atoms with van der Waals surface area (Å²) in [7, 11) is 3.21. The Morgan fingerprint density at radius 2 is 2.11 bits per heavy atom. The van der Waals surface area contributed by atoms with Crippen molar-refractivity contribution in [1.82, 2.24) is 4.98 Å². The molecule has 96 valence electrons. The van der Waals surface area contributed by atoms with Crippen LogP contribution < -0.4 is 9.47 Å². The Labute approximate surface area is 117 Å². The van der Waals surface area contributed by atoms with Crippen molar-refractivity contribution < 1.29 is 14.6 Å². The standard InChI is InChI=1S/C12H12BrNO3S/c1-16-7-3-4-9(17-2)8(5-7)11-10(6-15)18-12(13)14-11/h3-5,15H,6H2,1-2H3. The summed E-state index contributed by atoms with van der Waals surface area (Å²) in [6.07, 6.45) is 0. The molecule has 0 amide bonds. The van der Waals surface area contributed by atoms with Gasteiger partial charge in [-0.05, 0) is 34.1 Å². The largest absolute Gasteiger partial charge is 0.497 e. The Hall–Kier alpha value is -1.11. The van der Waals surface area contributed by atoms with Crippen LogP contribution in [0.5, 0.6) is 11.5 Å². The number of rotatable bonds is 4. The van der Waals surface area contributed by atoms with E-state index in [0.717, 1.165) is 20.1 Å². The van der Waals surface area contributed by atoms with Gasteiger partial charge in [0.1, 0.15) is 11.5 Å². The lowest BCUT2D eigenvalue weighted by molar-refractivity contribution is 0.286. The van der Waals surface area contributed by atoms with Crippen LogP contribution in [-0.4, -0.2) is 24.3 Å². The summed E-state index contributed by atoms with van der Waals surface area (Å²) in [5.74, 6) is 1.42. The third-order valence-electron chi connectivity index (χ3n) is 2.48. The van der Waals surface area contributed by atoms with Gasteiger partial charge in [0.25, 0.3) is 0 Å². The highest BCUT2D eigenvalue weighted by Crippen LogP contribution is 2.38. The van der Waals surface area contributed by atoms with Gasteiger partial charge in [-0.15, -0.1) is 11.3 Å². The molecule has 0 saturated carbocycles. The Morgan fingerprint density at radius 3 is 2.72 bits per heavy atom. The molecule has 0 bridgehead atoms. The first-order chi connectivity index (χ1) is 8.69. The number of ether oxygens (including phenoxy) is 2. The quantitative estimate of drug-likeness (QED) is 0.936. The van der Waals surface area contributed by atoms with Gasteiger partial charge in [0, 0.05) is 5.56 Å². The number of methoxy groups -OCH3 is 2. The molecule has 0 unspecified atom stereocenters. The van der Waals surface area contributed by atoms with E-state index in [0.29, 0.717) is 11.4 Å². The Balaban J connectivity index is 2.60. The predicted octanol–water partition coefficient (Wildman–Crippen LogP) is 3.08. The summed E-state index contributed by atoms with van der Waals surface area (Å²) in [4.78, 5) is 5.16. The number of halogens is 1. The van der Waals surface area contributed by atoms with Gasteiger partial charge >= 0.3 is 0 Å². The number of aliphatic hydroxyl groups excluding tert-OH is 1. The van der Waals surface area contributed by atoms with Crippen LogP contribution in [0, 0.1) is 0 Å². The Kier molecular flexibility index (Phi) is 4.21. The van der Waals surface area contributed by atoms with Gasteiger partial charge in [-0.1, -0.05) is 0 Å². The second-order valence-corrected chi connectivity index (χ2v) is 5.82. The van der Waals surface area contributed by atoms with Crippen molar-refractivity contribution >= 4 is 27.3 Å². The van der Waals surface area contributed by atoms with Crippen molar-refractivity contribution in [1.29, 1.82) is 0 Å². The van der Waals surface area contributed by atoms with Crippen molar-refractivity contribution in [3.8, 4) is 22.8 Å². The van der Waals surface area contributed by atoms with Gasteiger partial charge < -0.3 is 14.6 Å². The summed E-state index contributed by atoms with van der Waals surface area (Å²) >= 11 is 4.73. The second kappa shape index (κ2) is 5.69. The fourth-order valence-electron chi connectivity index (χ4n) is 1.64. The molecule has 2 rings (SSSR count). The summed E-state index contributed by atoms with van der Waals surface area (Å²) < 4.78 is 11.3. The van der Waals surface area contributed by atoms with E-state index in [-0.39, 0.29) is 6.61 Å². The highest BCUT2D eigenvalue weighted by Gasteiger charge is 2.16. The lowest BCUT2D eigenvalue weighted by Gasteiger charge is -2.09. The smallest absolute Gasteiger partial charge is 0.160 e. The van der Waals surface area contributed by atoms with Crippen LogP contribution in [0.3, 0.4) is 0 Å². The first kappa shape index (κ1) is 13.3. The number of hydrogen-bond donors (Lipinski definition) is 1. The van der Waals surface area contributed by atoms with Gasteiger partial charge in [0.2, 0.25) is 0 Å². The SMILES string of the molecule is COc1ccc(OC)c(-c2nc(Br)sc2CO)c1. The zero-order chi connectivity index (χ0) is 13.1. The third kappa shape index (κ3) is 2.50. The van der Waals surface area contributed by atoms with Crippen molar-refractivity contribution in [3.05, 3.63) is 27.0 Å². The average molecular weight is 330 g/mol. The van der Waals surface area contributed by atoms with Crippen LogP contribution in [-0.2, 0) is 6.61 Å². The van der Waals surface area contributed by atoms with E-state index < -0.39 is 0 Å². The maximum absolute atomic E-state index is 9.36. The number of aliphatic hydroxyl groups is 1. The van der Waals surface area contributed by atoms with Crippen molar-refractivity contribution in [2.24, 2.45) is 0 Å². The minimum Gasteiger partial charge on any atom is -0.497 e. The molecular formula is C12H12BrNO3S. The molecule has 1 aromatic heterocycles. The molecular weight excluding hydrogens is 318 g/mol. The highest BCUT2D eigenvalue weighted by atomic mass is 79.9. The van der Waals surface area contributed by atoms with Crippen LogP contribution in [0.15, 0.2) is 22.1 Å². The number of hydrogen-bond acceptors (Lipinski definition) is 5.